The first-order chi connectivity index (χ1) is 6.65. The van der Waals surface area contributed by atoms with Gasteiger partial charge in [-0.2, -0.15) is 5.10 Å². The molecule has 0 aliphatic heterocycles. The van der Waals surface area contributed by atoms with Crippen LogP contribution in [0.15, 0.2) is 12.3 Å². The highest BCUT2D eigenvalue weighted by atomic mass is 16.3. The summed E-state index contributed by atoms with van der Waals surface area (Å²) in [6.45, 7) is 3.60. The Morgan fingerprint density at radius 1 is 1.57 bits per heavy atom. The van der Waals surface area contributed by atoms with Crippen LogP contribution in [0.5, 0.6) is 0 Å². The van der Waals surface area contributed by atoms with Crippen LogP contribution in [0.3, 0.4) is 0 Å². The van der Waals surface area contributed by atoms with Gasteiger partial charge in [0.05, 0.1) is 5.69 Å². The molecule has 0 fully saturated rings. The van der Waals surface area contributed by atoms with Crippen molar-refractivity contribution in [3.05, 3.63) is 18.0 Å². The monoisotopic (exact) mass is 197 g/mol. The molecule has 80 valence electrons. The highest BCUT2D eigenvalue weighted by molar-refractivity contribution is 5.04. The van der Waals surface area contributed by atoms with Gasteiger partial charge in [-0.25, -0.2) is 0 Å². The summed E-state index contributed by atoms with van der Waals surface area (Å²) in [5, 5.41) is 14.1. The van der Waals surface area contributed by atoms with Crippen LogP contribution < -0.4 is 0 Å². The van der Waals surface area contributed by atoms with E-state index in [-0.39, 0.29) is 0 Å². The van der Waals surface area contributed by atoms with Gasteiger partial charge in [0.1, 0.15) is 6.10 Å². The minimum absolute atomic E-state index is 0.445. The fraction of sp³-hybridized carbons (Fsp3) is 0.700. The maximum atomic E-state index is 9.88. The van der Waals surface area contributed by atoms with E-state index in [2.05, 4.69) is 12.0 Å². The molecule has 4 nitrogen and oxygen atoms in total. The average molecular weight is 197 g/mol. The number of aromatic nitrogens is 2. The van der Waals surface area contributed by atoms with E-state index in [1.807, 2.05) is 29.7 Å². The lowest BCUT2D eigenvalue weighted by molar-refractivity contribution is 0.129. The molecule has 0 aliphatic carbocycles. The second kappa shape index (κ2) is 5.12. The number of nitrogens with zero attached hydrogens (tertiary/aromatic N) is 3. The van der Waals surface area contributed by atoms with Gasteiger partial charge in [-0.15, -0.1) is 0 Å². The maximum absolute atomic E-state index is 9.88. The van der Waals surface area contributed by atoms with Crippen LogP contribution in [-0.2, 0) is 6.54 Å². The molecule has 4 heteroatoms. The number of hydrogen-bond acceptors (Lipinski definition) is 3. The topological polar surface area (TPSA) is 41.3 Å². The van der Waals surface area contributed by atoms with Gasteiger partial charge in [0.2, 0.25) is 0 Å². The molecule has 0 bridgehead atoms. The van der Waals surface area contributed by atoms with E-state index in [0.717, 1.165) is 18.7 Å². The minimum Gasteiger partial charge on any atom is -0.385 e. The lowest BCUT2D eigenvalue weighted by atomic mass is 10.2. The number of aliphatic hydroxyl groups excluding tert-OH is 1. The Morgan fingerprint density at radius 2 is 2.29 bits per heavy atom. The standard InChI is InChI=1S/C10H19N3O/c1-4-7-13-9(5-6-11-13)10(14)8-12(2)3/h5-6,10,14H,4,7-8H2,1-3H3. The number of hydrogen-bond donors (Lipinski definition) is 1. The molecule has 0 radical (unpaired) electrons. The third-order valence-corrected chi connectivity index (χ3v) is 2.06. The summed E-state index contributed by atoms with van der Waals surface area (Å²) >= 11 is 0. The lowest BCUT2D eigenvalue weighted by Crippen LogP contribution is -2.22. The fourth-order valence-corrected chi connectivity index (χ4v) is 1.46. The molecular weight excluding hydrogens is 178 g/mol. The summed E-state index contributed by atoms with van der Waals surface area (Å²) in [4.78, 5) is 1.97. The van der Waals surface area contributed by atoms with Gasteiger partial charge in [0, 0.05) is 19.3 Å². The molecule has 1 heterocycles. The highest BCUT2D eigenvalue weighted by Crippen LogP contribution is 2.12. The van der Waals surface area contributed by atoms with Crippen LogP contribution >= 0.6 is 0 Å². The largest absolute Gasteiger partial charge is 0.385 e. The van der Waals surface area contributed by atoms with Crippen molar-refractivity contribution in [3.8, 4) is 0 Å². The summed E-state index contributed by atoms with van der Waals surface area (Å²) < 4.78 is 1.87. The predicted octanol–water partition coefficient (Wildman–Crippen LogP) is 0.888. The van der Waals surface area contributed by atoms with Crippen molar-refractivity contribution < 1.29 is 5.11 Å². The van der Waals surface area contributed by atoms with Crippen molar-refractivity contribution in [2.45, 2.75) is 26.0 Å². The van der Waals surface area contributed by atoms with Crippen molar-refractivity contribution in [2.75, 3.05) is 20.6 Å². The summed E-state index contributed by atoms with van der Waals surface area (Å²) in [5.74, 6) is 0. The maximum Gasteiger partial charge on any atom is 0.108 e. The SMILES string of the molecule is CCCn1nccc1C(O)CN(C)C. The zero-order chi connectivity index (χ0) is 10.6. The molecule has 1 aromatic heterocycles. The van der Waals surface area contributed by atoms with Gasteiger partial charge in [-0.1, -0.05) is 6.92 Å². The van der Waals surface area contributed by atoms with Gasteiger partial charge in [-0.05, 0) is 26.6 Å². The van der Waals surface area contributed by atoms with Crippen LogP contribution in [0.2, 0.25) is 0 Å². The predicted molar refractivity (Wildman–Crippen MR) is 56.0 cm³/mol. The molecule has 0 saturated heterocycles. The van der Waals surface area contributed by atoms with E-state index < -0.39 is 6.10 Å². The van der Waals surface area contributed by atoms with E-state index in [1.54, 1.807) is 6.20 Å². The first-order valence-corrected chi connectivity index (χ1v) is 4.99. The molecule has 0 aliphatic rings. The van der Waals surface area contributed by atoms with Gasteiger partial charge < -0.3 is 10.0 Å². The highest BCUT2D eigenvalue weighted by Gasteiger charge is 2.13. The Hall–Kier alpha value is -0.870. The zero-order valence-corrected chi connectivity index (χ0v) is 9.14. The molecule has 1 aromatic rings. The lowest BCUT2D eigenvalue weighted by Gasteiger charge is -2.17. The number of aliphatic hydroxyl groups is 1. The molecule has 0 aromatic carbocycles. The Balaban J connectivity index is 2.68. The van der Waals surface area contributed by atoms with Crippen LogP contribution in [0.4, 0.5) is 0 Å². The Bertz CT molecular complexity index is 270. The Morgan fingerprint density at radius 3 is 2.86 bits per heavy atom. The van der Waals surface area contributed by atoms with Crippen molar-refractivity contribution in [3.63, 3.8) is 0 Å². The second-order valence-corrected chi connectivity index (χ2v) is 3.76. The van der Waals surface area contributed by atoms with Gasteiger partial charge >= 0.3 is 0 Å². The third kappa shape index (κ3) is 2.82. The van der Waals surface area contributed by atoms with Gasteiger partial charge in [0.15, 0.2) is 0 Å². The Kier molecular flexibility index (Phi) is 4.10. The normalized spacial score (nSPS) is 13.5. The van der Waals surface area contributed by atoms with Crippen molar-refractivity contribution >= 4 is 0 Å². The molecule has 0 amide bonds. The number of likely N-dealkylation sites (N-methyl/N-ethyl adjacent to an activating group) is 1. The summed E-state index contributed by atoms with van der Waals surface area (Å²) in [7, 11) is 3.90. The quantitative estimate of drug-likeness (QED) is 0.762. The molecule has 1 rings (SSSR count). The minimum atomic E-state index is -0.445. The first-order valence-electron chi connectivity index (χ1n) is 4.99. The smallest absolute Gasteiger partial charge is 0.108 e. The fourth-order valence-electron chi connectivity index (χ4n) is 1.46. The van der Waals surface area contributed by atoms with E-state index >= 15 is 0 Å². The van der Waals surface area contributed by atoms with E-state index in [9.17, 15) is 5.11 Å². The number of rotatable bonds is 5. The molecule has 1 N–H and O–H groups in total. The summed E-state index contributed by atoms with van der Waals surface area (Å²) in [6, 6.07) is 1.88. The van der Waals surface area contributed by atoms with E-state index in [1.165, 1.54) is 0 Å². The van der Waals surface area contributed by atoms with Crippen LogP contribution in [0, 0.1) is 0 Å². The van der Waals surface area contributed by atoms with Gasteiger partial charge in [0.25, 0.3) is 0 Å². The first kappa shape index (κ1) is 11.2. The summed E-state index contributed by atoms with van der Waals surface area (Å²) in [6.07, 6.45) is 2.33. The third-order valence-electron chi connectivity index (χ3n) is 2.06. The van der Waals surface area contributed by atoms with Crippen molar-refractivity contribution in [2.24, 2.45) is 0 Å². The summed E-state index contributed by atoms with van der Waals surface area (Å²) in [5.41, 5.74) is 0.903. The average Bonchev–Trinajstić information content (AvgIpc) is 2.51. The van der Waals surface area contributed by atoms with E-state index in [4.69, 9.17) is 0 Å². The molecule has 14 heavy (non-hydrogen) atoms. The molecule has 1 atom stereocenters. The molecule has 0 spiro atoms. The van der Waals surface area contributed by atoms with Crippen LogP contribution in [-0.4, -0.2) is 40.4 Å². The molecule has 1 unspecified atom stereocenters. The van der Waals surface area contributed by atoms with Crippen LogP contribution in [0.25, 0.3) is 0 Å². The van der Waals surface area contributed by atoms with Gasteiger partial charge in [-0.3, -0.25) is 4.68 Å². The zero-order valence-electron chi connectivity index (χ0n) is 9.14. The van der Waals surface area contributed by atoms with E-state index in [0.29, 0.717) is 6.54 Å². The molecular formula is C10H19N3O. The molecule has 0 saturated carbocycles. The number of aryl methyl sites for hydroxylation is 1. The second-order valence-electron chi connectivity index (χ2n) is 3.76. The van der Waals surface area contributed by atoms with Crippen molar-refractivity contribution in [1.82, 2.24) is 14.7 Å². The van der Waals surface area contributed by atoms with Crippen LogP contribution in [0.1, 0.15) is 25.1 Å². The Labute approximate surface area is 85.1 Å². The van der Waals surface area contributed by atoms with Crippen molar-refractivity contribution in [1.29, 1.82) is 0 Å².